The van der Waals surface area contributed by atoms with Crippen LogP contribution in [0.25, 0.3) is 16.7 Å². The van der Waals surface area contributed by atoms with Crippen molar-refractivity contribution in [1.29, 1.82) is 10.5 Å². The quantitative estimate of drug-likeness (QED) is 0.285. The van der Waals surface area contributed by atoms with E-state index < -0.39 is 0 Å². The van der Waals surface area contributed by atoms with Gasteiger partial charge in [0.05, 0.1) is 22.7 Å². The predicted octanol–water partition coefficient (Wildman–Crippen LogP) is 6.35. The molecule has 0 unspecified atom stereocenters. The largest absolute Gasteiger partial charge is 0.445 e. The summed E-state index contributed by atoms with van der Waals surface area (Å²) in [7, 11) is 0. The summed E-state index contributed by atoms with van der Waals surface area (Å²) < 4.78 is 7.72. The molecule has 0 spiro atoms. The van der Waals surface area contributed by atoms with Crippen molar-refractivity contribution in [2.75, 3.05) is 31.1 Å². The van der Waals surface area contributed by atoms with E-state index in [1.165, 1.54) is 0 Å². The summed E-state index contributed by atoms with van der Waals surface area (Å²) in [5.74, 6) is 1.28. The van der Waals surface area contributed by atoms with Gasteiger partial charge in [0.1, 0.15) is 18.5 Å². The fraction of sp³-hybridized carbons (Fsp3) is 0.375. The predicted molar refractivity (Wildman–Crippen MR) is 160 cm³/mol. The average molecular weight is 569 g/mol. The molecule has 2 aliphatic rings. The van der Waals surface area contributed by atoms with Crippen LogP contribution in [0.1, 0.15) is 53.9 Å². The highest BCUT2D eigenvalue weighted by Gasteiger charge is 2.32. The maximum Gasteiger partial charge on any atom is 0.410 e. The minimum atomic E-state index is -0.296. The smallest absolute Gasteiger partial charge is 0.410 e. The van der Waals surface area contributed by atoms with Crippen molar-refractivity contribution in [3.63, 3.8) is 0 Å². The van der Waals surface area contributed by atoms with Crippen LogP contribution >= 0.6 is 12.4 Å². The average Bonchev–Trinajstić information content (AvgIpc) is 3.39. The Hall–Kier alpha value is -4.27. The molecule has 0 saturated carbocycles. The molecule has 4 aromatic rings. The van der Waals surface area contributed by atoms with Gasteiger partial charge in [-0.05, 0) is 67.3 Å². The Bertz CT molecular complexity index is 1640. The van der Waals surface area contributed by atoms with Crippen LogP contribution in [0, 0.1) is 35.5 Å². The number of anilines is 1. The lowest BCUT2D eigenvalue weighted by Crippen LogP contribution is -2.39. The van der Waals surface area contributed by atoms with Crippen LogP contribution in [0.2, 0.25) is 0 Å². The molecule has 2 saturated heterocycles. The number of carbonyl (C=O) groups excluding carboxylic acids is 1. The fourth-order valence-corrected chi connectivity index (χ4v) is 6.39. The Labute approximate surface area is 246 Å². The zero-order chi connectivity index (χ0) is 27.6. The second-order valence-electron chi connectivity index (χ2n) is 10.8. The lowest BCUT2D eigenvalue weighted by Gasteiger charge is -2.36. The van der Waals surface area contributed by atoms with Crippen molar-refractivity contribution in [2.24, 2.45) is 5.92 Å². The lowest BCUT2D eigenvalue weighted by molar-refractivity contribution is 0.0870. The van der Waals surface area contributed by atoms with Crippen molar-refractivity contribution < 1.29 is 9.53 Å². The van der Waals surface area contributed by atoms with Crippen molar-refractivity contribution in [2.45, 2.75) is 45.1 Å². The molecule has 9 heteroatoms. The summed E-state index contributed by atoms with van der Waals surface area (Å²) in [6.07, 6.45) is 2.85. The van der Waals surface area contributed by atoms with E-state index in [0.717, 1.165) is 72.3 Å². The van der Waals surface area contributed by atoms with Crippen LogP contribution in [0.3, 0.4) is 0 Å². The standard InChI is InChI=1S/C32H32N6O2.ClH/c1-22-29(25-13-17-37(18-14-25)32(39)40-21-24-7-3-2-4-8-24)26(20-34)30-35-27-9-5-6-10-28(27)38(30)31(22)36-15-11-23(19-33)12-16-36;/h2-10,23,25H,11-18,21H2,1H3;1H. The summed E-state index contributed by atoms with van der Waals surface area (Å²) >= 11 is 0. The summed E-state index contributed by atoms with van der Waals surface area (Å²) in [4.78, 5) is 21.9. The van der Waals surface area contributed by atoms with Gasteiger partial charge >= 0.3 is 6.09 Å². The number of rotatable bonds is 4. The highest BCUT2D eigenvalue weighted by molar-refractivity contribution is 5.86. The third-order valence-electron chi connectivity index (χ3n) is 8.46. The molecule has 0 aliphatic carbocycles. The van der Waals surface area contributed by atoms with E-state index in [0.29, 0.717) is 24.3 Å². The summed E-state index contributed by atoms with van der Waals surface area (Å²) in [6.45, 7) is 5.11. The number of nitrogens with zero attached hydrogens (tertiary/aromatic N) is 6. The molecule has 1 amide bonds. The zero-order valence-corrected chi connectivity index (χ0v) is 23.9. The van der Waals surface area contributed by atoms with Crippen LogP contribution in [-0.4, -0.2) is 46.6 Å². The molecule has 4 heterocycles. The molecule has 2 fully saturated rings. The molecule has 0 radical (unpaired) electrons. The van der Waals surface area contributed by atoms with Gasteiger partial charge in [0.2, 0.25) is 0 Å². The third kappa shape index (κ3) is 5.28. The van der Waals surface area contributed by atoms with Crippen LogP contribution in [0.5, 0.6) is 0 Å². The number of aromatic nitrogens is 2. The lowest BCUT2D eigenvalue weighted by atomic mass is 9.84. The number of halogens is 1. The normalized spacial score (nSPS) is 16.3. The molecule has 210 valence electrons. The van der Waals surface area contributed by atoms with Gasteiger partial charge in [0, 0.05) is 32.1 Å². The first-order chi connectivity index (χ1) is 19.6. The number of nitriles is 2. The van der Waals surface area contributed by atoms with Gasteiger partial charge in [0.25, 0.3) is 0 Å². The number of fused-ring (bicyclic) bond motifs is 3. The van der Waals surface area contributed by atoms with E-state index in [2.05, 4.69) is 34.4 Å². The Balaban J connectivity index is 0.00000337. The van der Waals surface area contributed by atoms with E-state index in [-0.39, 0.29) is 36.9 Å². The van der Waals surface area contributed by atoms with Gasteiger partial charge in [-0.25, -0.2) is 9.78 Å². The van der Waals surface area contributed by atoms with Gasteiger partial charge in [-0.2, -0.15) is 10.5 Å². The van der Waals surface area contributed by atoms with Crippen molar-refractivity contribution in [3.8, 4) is 12.1 Å². The maximum atomic E-state index is 12.8. The number of para-hydroxylation sites is 2. The van der Waals surface area contributed by atoms with Crippen molar-refractivity contribution in [1.82, 2.24) is 14.3 Å². The number of hydrogen-bond acceptors (Lipinski definition) is 6. The van der Waals surface area contributed by atoms with E-state index in [1.54, 1.807) is 4.90 Å². The number of imidazole rings is 1. The molecule has 0 bridgehead atoms. The van der Waals surface area contributed by atoms with Crippen LogP contribution in [-0.2, 0) is 11.3 Å². The first-order valence-corrected chi connectivity index (χ1v) is 14.0. The monoisotopic (exact) mass is 568 g/mol. The van der Waals surface area contributed by atoms with Gasteiger partial charge < -0.3 is 14.5 Å². The number of ether oxygens (including phenoxy) is 1. The number of hydrogen-bond donors (Lipinski definition) is 0. The first-order valence-electron chi connectivity index (χ1n) is 14.0. The van der Waals surface area contributed by atoms with E-state index in [4.69, 9.17) is 9.72 Å². The van der Waals surface area contributed by atoms with Gasteiger partial charge in [-0.15, -0.1) is 12.4 Å². The van der Waals surface area contributed by atoms with E-state index in [9.17, 15) is 15.3 Å². The number of carbonyl (C=O) groups is 1. The number of amides is 1. The summed E-state index contributed by atoms with van der Waals surface area (Å²) in [6, 6.07) is 22.7. The zero-order valence-electron chi connectivity index (χ0n) is 23.1. The number of benzene rings is 2. The minimum Gasteiger partial charge on any atom is -0.445 e. The SMILES string of the molecule is Cc1c(C2CCN(C(=O)OCc3ccccc3)CC2)c(C#N)c2nc3ccccc3n2c1N1CCC(C#N)CC1.Cl. The molecule has 8 nitrogen and oxygen atoms in total. The first kappa shape index (κ1) is 28.3. The Morgan fingerprint density at radius 1 is 0.976 bits per heavy atom. The number of piperidine rings is 2. The van der Waals surface area contributed by atoms with Crippen molar-refractivity contribution in [3.05, 3.63) is 76.9 Å². The molecule has 41 heavy (non-hydrogen) atoms. The second-order valence-corrected chi connectivity index (χ2v) is 10.8. The maximum absolute atomic E-state index is 12.8. The molecular formula is C32H33ClN6O2. The molecular weight excluding hydrogens is 536 g/mol. The molecule has 2 aliphatic heterocycles. The van der Waals surface area contributed by atoms with Gasteiger partial charge in [0.15, 0.2) is 5.65 Å². The molecule has 2 aromatic carbocycles. The van der Waals surface area contributed by atoms with Gasteiger partial charge in [-0.1, -0.05) is 42.5 Å². The van der Waals surface area contributed by atoms with E-state index >= 15 is 0 Å². The van der Waals surface area contributed by atoms with Crippen LogP contribution in [0.4, 0.5) is 10.6 Å². The molecule has 6 rings (SSSR count). The number of pyridine rings is 1. The Morgan fingerprint density at radius 3 is 2.34 bits per heavy atom. The summed E-state index contributed by atoms with van der Waals surface area (Å²) in [5, 5.41) is 19.9. The van der Waals surface area contributed by atoms with Crippen LogP contribution < -0.4 is 4.90 Å². The third-order valence-corrected chi connectivity index (χ3v) is 8.46. The Kier molecular flexibility index (Phi) is 8.33. The van der Waals surface area contributed by atoms with E-state index in [1.807, 2.05) is 48.5 Å². The molecule has 2 aromatic heterocycles. The minimum absolute atomic E-state index is 0. The topological polar surface area (TPSA) is 97.7 Å². The molecule has 0 N–H and O–H groups in total. The summed E-state index contributed by atoms with van der Waals surface area (Å²) in [5.41, 5.74) is 6.25. The van der Waals surface area contributed by atoms with Crippen molar-refractivity contribution >= 4 is 41.0 Å². The van der Waals surface area contributed by atoms with Crippen LogP contribution in [0.15, 0.2) is 54.6 Å². The second kappa shape index (κ2) is 12.1. The molecule has 0 atom stereocenters. The number of likely N-dealkylation sites (tertiary alicyclic amines) is 1. The Morgan fingerprint density at radius 2 is 1.66 bits per heavy atom. The highest BCUT2D eigenvalue weighted by atomic mass is 35.5. The fourth-order valence-electron chi connectivity index (χ4n) is 6.39. The highest BCUT2D eigenvalue weighted by Crippen LogP contribution is 2.41. The van der Waals surface area contributed by atoms with Gasteiger partial charge in [-0.3, -0.25) is 4.40 Å².